The predicted molar refractivity (Wildman–Crippen MR) is 48.0 cm³/mol. The molecule has 1 rings (SSSR count). The second kappa shape index (κ2) is 3.21. The number of hydrogen-bond donors (Lipinski definition) is 2. The van der Waals surface area contributed by atoms with E-state index in [-0.39, 0.29) is 11.4 Å². The summed E-state index contributed by atoms with van der Waals surface area (Å²) in [5.74, 6) is 0.239. The molecule has 4 heteroatoms. The minimum atomic E-state index is 0.239. The number of piperidine rings is 1. The van der Waals surface area contributed by atoms with Gasteiger partial charge in [0.15, 0.2) is 0 Å². The number of nitrogens with zero attached hydrogens (tertiary/aromatic N) is 2. The number of rotatable bonds is 0. The molecule has 0 bridgehead atoms. The lowest BCUT2D eigenvalue weighted by Gasteiger charge is -2.38. The Morgan fingerprint density at radius 1 is 1.58 bits per heavy atom. The van der Waals surface area contributed by atoms with Crippen molar-refractivity contribution < 1.29 is 5.21 Å². The highest BCUT2D eigenvalue weighted by Crippen LogP contribution is 2.27. The number of oxime groups is 1. The Labute approximate surface area is 73.0 Å². The Morgan fingerprint density at radius 3 is 2.75 bits per heavy atom. The van der Waals surface area contributed by atoms with E-state index in [1.54, 1.807) is 0 Å². The van der Waals surface area contributed by atoms with Gasteiger partial charge in [-0.05, 0) is 18.3 Å². The van der Waals surface area contributed by atoms with Crippen LogP contribution in [0.1, 0.15) is 26.7 Å². The molecule has 1 aliphatic rings. The lowest BCUT2D eigenvalue weighted by atomic mass is 9.84. The molecule has 0 saturated carbocycles. The van der Waals surface area contributed by atoms with Gasteiger partial charge in [0.25, 0.3) is 0 Å². The van der Waals surface area contributed by atoms with E-state index in [4.69, 9.17) is 10.9 Å². The molecular formula is C8H17N3O. The molecule has 0 aliphatic carbocycles. The molecule has 0 aromatic carbocycles. The fraction of sp³-hybridized carbons (Fsp3) is 0.875. The topological polar surface area (TPSA) is 61.8 Å². The zero-order chi connectivity index (χ0) is 9.19. The molecule has 70 valence electrons. The molecule has 4 nitrogen and oxygen atoms in total. The fourth-order valence-corrected chi connectivity index (χ4v) is 1.68. The summed E-state index contributed by atoms with van der Waals surface area (Å²) in [6.45, 7) is 6.18. The highest BCUT2D eigenvalue weighted by molar-refractivity contribution is 5.77. The van der Waals surface area contributed by atoms with Crippen molar-refractivity contribution in [2.24, 2.45) is 16.3 Å². The van der Waals surface area contributed by atoms with E-state index in [1.165, 1.54) is 6.42 Å². The average Bonchev–Trinajstić information content (AvgIpc) is 2.01. The van der Waals surface area contributed by atoms with Gasteiger partial charge in [-0.1, -0.05) is 19.0 Å². The van der Waals surface area contributed by atoms with Crippen molar-refractivity contribution in [1.82, 2.24) is 4.90 Å². The molecule has 0 atom stereocenters. The molecule has 0 unspecified atom stereocenters. The van der Waals surface area contributed by atoms with Crippen molar-refractivity contribution in [2.75, 3.05) is 13.1 Å². The number of likely N-dealkylation sites (tertiary alicyclic amines) is 1. The second-order valence-corrected chi connectivity index (χ2v) is 4.15. The van der Waals surface area contributed by atoms with Crippen molar-refractivity contribution >= 4 is 5.96 Å². The first kappa shape index (κ1) is 9.16. The van der Waals surface area contributed by atoms with Gasteiger partial charge in [-0.3, -0.25) is 0 Å². The van der Waals surface area contributed by atoms with E-state index in [2.05, 4.69) is 19.0 Å². The molecule has 3 N–H and O–H groups in total. The summed E-state index contributed by atoms with van der Waals surface area (Å²) >= 11 is 0. The highest BCUT2D eigenvalue weighted by atomic mass is 16.4. The summed E-state index contributed by atoms with van der Waals surface area (Å²) < 4.78 is 0. The molecule has 0 amide bonds. The first-order chi connectivity index (χ1) is 5.55. The third-order valence-corrected chi connectivity index (χ3v) is 2.33. The average molecular weight is 171 g/mol. The van der Waals surface area contributed by atoms with Crippen LogP contribution in [-0.2, 0) is 0 Å². The van der Waals surface area contributed by atoms with E-state index < -0.39 is 0 Å². The molecule has 0 radical (unpaired) electrons. The van der Waals surface area contributed by atoms with E-state index in [0.29, 0.717) is 0 Å². The molecule has 1 saturated heterocycles. The fourth-order valence-electron chi connectivity index (χ4n) is 1.68. The summed E-state index contributed by atoms with van der Waals surface area (Å²) in [6.07, 6.45) is 2.32. The van der Waals surface area contributed by atoms with Gasteiger partial charge in [0, 0.05) is 13.1 Å². The van der Waals surface area contributed by atoms with Crippen LogP contribution in [0, 0.1) is 5.41 Å². The van der Waals surface area contributed by atoms with Crippen molar-refractivity contribution in [3.63, 3.8) is 0 Å². The molecule has 1 fully saturated rings. The molecule has 12 heavy (non-hydrogen) atoms. The lowest BCUT2D eigenvalue weighted by Crippen LogP contribution is -2.46. The van der Waals surface area contributed by atoms with E-state index in [9.17, 15) is 0 Å². The summed E-state index contributed by atoms with van der Waals surface area (Å²) in [7, 11) is 0. The minimum Gasteiger partial charge on any atom is -0.408 e. The quantitative estimate of drug-likeness (QED) is 0.245. The van der Waals surface area contributed by atoms with Gasteiger partial charge in [0.2, 0.25) is 5.96 Å². The number of nitrogens with two attached hydrogens (primary N) is 1. The Bertz CT molecular complexity index is 189. The van der Waals surface area contributed by atoms with Crippen molar-refractivity contribution in [3.8, 4) is 0 Å². The Balaban J connectivity index is 2.58. The standard InChI is InChI=1S/C8H17N3O/c1-8(2)4-3-5-11(6-8)7(9)10-12/h12H,3-6H2,1-2H3,(H2,9,10). The van der Waals surface area contributed by atoms with Gasteiger partial charge >= 0.3 is 0 Å². The molecule has 0 spiro atoms. The highest BCUT2D eigenvalue weighted by Gasteiger charge is 2.27. The Kier molecular flexibility index (Phi) is 2.45. The molecular weight excluding hydrogens is 154 g/mol. The van der Waals surface area contributed by atoms with Gasteiger partial charge < -0.3 is 15.8 Å². The maximum absolute atomic E-state index is 8.48. The third kappa shape index (κ3) is 2.03. The van der Waals surface area contributed by atoms with Crippen molar-refractivity contribution in [1.29, 1.82) is 0 Å². The SMILES string of the molecule is CC1(C)CCCN(C(N)=NO)C1. The van der Waals surface area contributed by atoms with Crippen LogP contribution in [0.5, 0.6) is 0 Å². The minimum absolute atomic E-state index is 0.239. The maximum Gasteiger partial charge on any atom is 0.233 e. The number of guanidine groups is 1. The monoisotopic (exact) mass is 171 g/mol. The first-order valence-corrected chi connectivity index (χ1v) is 4.28. The van der Waals surface area contributed by atoms with E-state index in [0.717, 1.165) is 19.5 Å². The van der Waals surface area contributed by atoms with Crippen LogP contribution in [0.15, 0.2) is 5.16 Å². The van der Waals surface area contributed by atoms with Crippen LogP contribution < -0.4 is 5.73 Å². The summed E-state index contributed by atoms with van der Waals surface area (Å²) in [5.41, 5.74) is 5.78. The van der Waals surface area contributed by atoms with Crippen LogP contribution in [0.25, 0.3) is 0 Å². The lowest BCUT2D eigenvalue weighted by molar-refractivity contribution is 0.171. The number of hydrogen-bond acceptors (Lipinski definition) is 2. The van der Waals surface area contributed by atoms with E-state index in [1.807, 2.05) is 4.90 Å². The predicted octanol–water partition coefficient (Wildman–Crippen LogP) is 0.812. The van der Waals surface area contributed by atoms with Gasteiger partial charge in [-0.15, -0.1) is 0 Å². The Hall–Kier alpha value is -0.930. The van der Waals surface area contributed by atoms with Crippen molar-refractivity contribution in [3.05, 3.63) is 0 Å². The van der Waals surface area contributed by atoms with E-state index >= 15 is 0 Å². The molecule has 1 heterocycles. The third-order valence-electron chi connectivity index (χ3n) is 2.33. The maximum atomic E-state index is 8.48. The second-order valence-electron chi connectivity index (χ2n) is 4.15. The van der Waals surface area contributed by atoms with Crippen LogP contribution in [0.3, 0.4) is 0 Å². The van der Waals surface area contributed by atoms with Crippen molar-refractivity contribution in [2.45, 2.75) is 26.7 Å². The molecule has 0 aromatic heterocycles. The summed E-state index contributed by atoms with van der Waals surface area (Å²) in [6, 6.07) is 0. The summed E-state index contributed by atoms with van der Waals surface area (Å²) in [5, 5.41) is 11.5. The molecule has 0 aromatic rings. The van der Waals surface area contributed by atoms with Crippen LogP contribution in [0.4, 0.5) is 0 Å². The largest absolute Gasteiger partial charge is 0.408 e. The van der Waals surface area contributed by atoms with Gasteiger partial charge in [0.1, 0.15) is 0 Å². The van der Waals surface area contributed by atoms with Crippen LogP contribution in [-0.4, -0.2) is 29.2 Å². The first-order valence-electron chi connectivity index (χ1n) is 4.28. The van der Waals surface area contributed by atoms with Crippen LogP contribution >= 0.6 is 0 Å². The Morgan fingerprint density at radius 2 is 2.25 bits per heavy atom. The zero-order valence-corrected chi connectivity index (χ0v) is 7.75. The van der Waals surface area contributed by atoms with Gasteiger partial charge in [-0.2, -0.15) is 0 Å². The zero-order valence-electron chi connectivity index (χ0n) is 7.75. The van der Waals surface area contributed by atoms with Gasteiger partial charge in [-0.25, -0.2) is 0 Å². The summed E-state index contributed by atoms with van der Waals surface area (Å²) in [4.78, 5) is 1.92. The normalized spacial score (nSPS) is 24.2. The smallest absolute Gasteiger partial charge is 0.233 e. The molecule has 1 aliphatic heterocycles. The van der Waals surface area contributed by atoms with Crippen LogP contribution in [0.2, 0.25) is 0 Å². The van der Waals surface area contributed by atoms with Gasteiger partial charge in [0.05, 0.1) is 0 Å².